The summed E-state index contributed by atoms with van der Waals surface area (Å²) in [6.07, 6.45) is 2.51. The van der Waals surface area contributed by atoms with Gasteiger partial charge in [-0.2, -0.15) is 4.98 Å². The number of aldehydes is 1. The molecule has 0 aliphatic heterocycles. The summed E-state index contributed by atoms with van der Waals surface area (Å²) in [5.74, 6) is 0.330. The zero-order valence-electron chi connectivity index (χ0n) is 10.7. The SMILES string of the molecule is COCCOCCOc1nc2ccccn2c1C=O. The molecule has 0 saturated carbocycles. The Bertz CT molecular complexity index is 538. The van der Waals surface area contributed by atoms with Gasteiger partial charge in [-0.1, -0.05) is 6.07 Å². The number of ether oxygens (including phenoxy) is 3. The minimum atomic E-state index is 0.330. The van der Waals surface area contributed by atoms with Crippen molar-refractivity contribution in [3.8, 4) is 5.88 Å². The van der Waals surface area contributed by atoms with Gasteiger partial charge in [0.2, 0.25) is 5.88 Å². The van der Waals surface area contributed by atoms with E-state index in [4.69, 9.17) is 14.2 Å². The van der Waals surface area contributed by atoms with Gasteiger partial charge in [0.15, 0.2) is 6.29 Å². The predicted molar refractivity (Wildman–Crippen MR) is 68.8 cm³/mol. The number of rotatable bonds is 8. The van der Waals surface area contributed by atoms with E-state index >= 15 is 0 Å². The minimum absolute atomic E-state index is 0.330. The molecule has 6 nitrogen and oxygen atoms in total. The van der Waals surface area contributed by atoms with E-state index in [1.54, 1.807) is 17.7 Å². The third kappa shape index (κ3) is 3.30. The topological polar surface area (TPSA) is 62.1 Å². The first-order valence-electron chi connectivity index (χ1n) is 5.98. The normalized spacial score (nSPS) is 10.8. The van der Waals surface area contributed by atoms with E-state index in [2.05, 4.69) is 4.98 Å². The molecule has 0 N–H and O–H groups in total. The summed E-state index contributed by atoms with van der Waals surface area (Å²) in [6, 6.07) is 5.50. The summed E-state index contributed by atoms with van der Waals surface area (Å²) in [5.41, 5.74) is 1.09. The average Bonchev–Trinajstić information content (AvgIpc) is 2.80. The zero-order valence-corrected chi connectivity index (χ0v) is 10.7. The summed E-state index contributed by atoms with van der Waals surface area (Å²) < 4.78 is 17.3. The number of fused-ring (bicyclic) bond motifs is 1. The van der Waals surface area contributed by atoms with E-state index in [1.165, 1.54) is 0 Å². The highest BCUT2D eigenvalue weighted by molar-refractivity contribution is 5.78. The molecule has 102 valence electrons. The van der Waals surface area contributed by atoms with Crippen LogP contribution in [-0.4, -0.2) is 49.2 Å². The lowest BCUT2D eigenvalue weighted by molar-refractivity contribution is 0.0536. The fourth-order valence-electron chi connectivity index (χ4n) is 1.65. The van der Waals surface area contributed by atoms with Crippen molar-refractivity contribution in [3.05, 3.63) is 30.1 Å². The van der Waals surface area contributed by atoms with Gasteiger partial charge in [-0.3, -0.25) is 9.20 Å². The number of methoxy groups -OCH3 is 1. The highest BCUT2D eigenvalue weighted by atomic mass is 16.5. The second-order valence-corrected chi connectivity index (χ2v) is 3.80. The van der Waals surface area contributed by atoms with E-state index in [9.17, 15) is 4.79 Å². The van der Waals surface area contributed by atoms with Crippen LogP contribution < -0.4 is 4.74 Å². The molecule has 2 aromatic heterocycles. The first-order valence-corrected chi connectivity index (χ1v) is 5.98. The van der Waals surface area contributed by atoms with Crippen molar-refractivity contribution in [3.63, 3.8) is 0 Å². The quantitative estimate of drug-likeness (QED) is 0.529. The first-order chi connectivity index (χ1) is 9.36. The molecule has 2 heterocycles. The second kappa shape index (κ2) is 6.86. The zero-order chi connectivity index (χ0) is 13.5. The van der Waals surface area contributed by atoms with Crippen molar-refractivity contribution in [1.82, 2.24) is 9.38 Å². The summed E-state index contributed by atoms with van der Waals surface area (Å²) in [6.45, 7) is 1.84. The van der Waals surface area contributed by atoms with E-state index < -0.39 is 0 Å². The maximum absolute atomic E-state index is 11.1. The van der Waals surface area contributed by atoms with Crippen LogP contribution in [-0.2, 0) is 9.47 Å². The molecule has 0 saturated heterocycles. The lowest BCUT2D eigenvalue weighted by Crippen LogP contribution is -2.10. The van der Waals surface area contributed by atoms with Gasteiger partial charge in [-0.25, -0.2) is 0 Å². The van der Waals surface area contributed by atoms with Crippen molar-refractivity contribution in [2.75, 3.05) is 33.5 Å². The van der Waals surface area contributed by atoms with Crippen LogP contribution in [0, 0.1) is 0 Å². The maximum Gasteiger partial charge on any atom is 0.243 e. The third-order valence-corrected chi connectivity index (χ3v) is 2.54. The molecule has 0 amide bonds. The van der Waals surface area contributed by atoms with E-state index in [0.29, 0.717) is 43.6 Å². The van der Waals surface area contributed by atoms with Crippen LogP contribution in [0.15, 0.2) is 24.4 Å². The molecular weight excluding hydrogens is 248 g/mol. The van der Waals surface area contributed by atoms with E-state index in [1.807, 2.05) is 18.2 Å². The Morgan fingerprint density at radius 3 is 2.89 bits per heavy atom. The molecule has 0 aliphatic rings. The van der Waals surface area contributed by atoms with Crippen molar-refractivity contribution in [2.24, 2.45) is 0 Å². The van der Waals surface area contributed by atoms with Gasteiger partial charge in [-0.15, -0.1) is 0 Å². The van der Waals surface area contributed by atoms with Crippen LogP contribution in [0.5, 0.6) is 5.88 Å². The molecule has 2 rings (SSSR count). The van der Waals surface area contributed by atoms with Crippen LogP contribution in [0.2, 0.25) is 0 Å². The molecule has 0 unspecified atom stereocenters. The highest BCUT2D eigenvalue weighted by Gasteiger charge is 2.11. The number of nitrogens with zero attached hydrogens (tertiary/aromatic N) is 2. The Hall–Kier alpha value is -1.92. The van der Waals surface area contributed by atoms with Crippen LogP contribution in [0.4, 0.5) is 0 Å². The number of carbonyl (C=O) groups excluding carboxylic acids is 1. The molecule has 0 aliphatic carbocycles. The molecule has 19 heavy (non-hydrogen) atoms. The summed E-state index contributed by atoms with van der Waals surface area (Å²) in [7, 11) is 1.62. The standard InChI is InChI=1S/C13H16N2O4/c1-17-6-7-18-8-9-19-13-11(10-16)15-5-3-2-4-12(15)14-13/h2-5,10H,6-9H2,1H3. The Labute approximate surface area is 110 Å². The second-order valence-electron chi connectivity index (χ2n) is 3.80. The number of imidazole rings is 1. The van der Waals surface area contributed by atoms with Gasteiger partial charge in [0.05, 0.1) is 19.8 Å². The fourth-order valence-corrected chi connectivity index (χ4v) is 1.65. The van der Waals surface area contributed by atoms with E-state index in [-0.39, 0.29) is 0 Å². The van der Waals surface area contributed by atoms with Crippen LogP contribution >= 0.6 is 0 Å². The summed E-state index contributed by atoms with van der Waals surface area (Å²) in [5, 5.41) is 0. The monoisotopic (exact) mass is 264 g/mol. The van der Waals surface area contributed by atoms with E-state index in [0.717, 1.165) is 6.29 Å². The lowest BCUT2D eigenvalue weighted by atomic mass is 10.4. The van der Waals surface area contributed by atoms with Crippen LogP contribution in [0.1, 0.15) is 10.5 Å². The Balaban J connectivity index is 1.94. The molecule has 6 heteroatoms. The molecular formula is C13H16N2O4. The van der Waals surface area contributed by atoms with Gasteiger partial charge < -0.3 is 14.2 Å². The smallest absolute Gasteiger partial charge is 0.243 e. The summed E-state index contributed by atoms with van der Waals surface area (Å²) in [4.78, 5) is 15.3. The van der Waals surface area contributed by atoms with Gasteiger partial charge >= 0.3 is 0 Å². The molecule has 0 bridgehead atoms. The largest absolute Gasteiger partial charge is 0.474 e. The summed E-state index contributed by atoms with van der Waals surface area (Å²) >= 11 is 0. The Morgan fingerprint density at radius 2 is 2.11 bits per heavy atom. The van der Waals surface area contributed by atoms with Crippen molar-refractivity contribution in [1.29, 1.82) is 0 Å². The van der Waals surface area contributed by atoms with Crippen molar-refractivity contribution >= 4 is 11.9 Å². The lowest BCUT2D eigenvalue weighted by Gasteiger charge is -2.04. The Kier molecular flexibility index (Phi) is 4.88. The average molecular weight is 264 g/mol. The molecule has 0 spiro atoms. The number of carbonyl (C=O) groups is 1. The minimum Gasteiger partial charge on any atom is -0.474 e. The van der Waals surface area contributed by atoms with Crippen molar-refractivity contribution in [2.45, 2.75) is 0 Å². The number of hydrogen-bond donors (Lipinski definition) is 0. The number of pyridine rings is 1. The maximum atomic E-state index is 11.1. The molecule has 0 radical (unpaired) electrons. The number of hydrogen-bond acceptors (Lipinski definition) is 5. The predicted octanol–water partition coefficient (Wildman–Crippen LogP) is 1.19. The van der Waals surface area contributed by atoms with Gasteiger partial charge in [0.1, 0.15) is 17.9 Å². The van der Waals surface area contributed by atoms with Gasteiger partial charge in [-0.05, 0) is 12.1 Å². The third-order valence-electron chi connectivity index (χ3n) is 2.54. The van der Waals surface area contributed by atoms with Crippen LogP contribution in [0.25, 0.3) is 5.65 Å². The Morgan fingerprint density at radius 1 is 1.26 bits per heavy atom. The van der Waals surface area contributed by atoms with Gasteiger partial charge in [0.25, 0.3) is 0 Å². The van der Waals surface area contributed by atoms with Crippen LogP contribution in [0.3, 0.4) is 0 Å². The molecule has 2 aromatic rings. The molecule has 0 fully saturated rings. The molecule has 0 aromatic carbocycles. The van der Waals surface area contributed by atoms with Gasteiger partial charge in [0, 0.05) is 13.3 Å². The fraction of sp³-hybridized carbons (Fsp3) is 0.385. The number of aromatic nitrogens is 2. The molecule has 0 atom stereocenters. The first kappa shape index (κ1) is 13.5. The highest BCUT2D eigenvalue weighted by Crippen LogP contribution is 2.17. The van der Waals surface area contributed by atoms with Crippen molar-refractivity contribution < 1.29 is 19.0 Å².